The second-order valence-electron chi connectivity index (χ2n) is 7.25. The highest BCUT2D eigenvalue weighted by Gasteiger charge is 2.20. The van der Waals surface area contributed by atoms with Crippen LogP contribution in [-0.2, 0) is 17.8 Å². The van der Waals surface area contributed by atoms with E-state index in [4.69, 9.17) is 15.2 Å². The van der Waals surface area contributed by atoms with Crippen molar-refractivity contribution in [3.63, 3.8) is 0 Å². The van der Waals surface area contributed by atoms with E-state index in [0.29, 0.717) is 29.6 Å². The lowest BCUT2D eigenvalue weighted by Crippen LogP contribution is -2.36. The van der Waals surface area contributed by atoms with Crippen molar-refractivity contribution in [3.8, 4) is 11.5 Å². The Morgan fingerprint density at radius 2 is 2.00 bits per heavy atom. The predicted molar refractivity (Wildman–Crippen MR) is 105 cm³/mol. The van der Waals surface area contributed by atoms with Crippen molar-refractivity contribution in [3.05, 3.63) is 35.4 Å². The number of nitrogens with two attached hydrogens (primary N) is 1. The minimum atomic E-state index is -0.314. The molecule has 152 valence electrons. The van der Waals surface area contributed by atoms with Gasteiger partial charge in [0.1, 0.15) is 12.4 Å². The Kier molecular flexibility index (Phi) is 6.51. The second kappa shape index (κ2) is 9.05. The maximum atomic E-state index is 12.4. The van der Waals surface area contributed by atoms with Gasteiger partial charge in [-0.2, -0.15) is 5.10 Å². The Morgan fingerprint density at radius 3 is 2.64 bits per heavy atom. The molecule has 0 unspecified atom stereocenters. The zero-order valence-electron chi connectivity index (χ0n) is 16.8. The van der Waals surface area contributed by atoms with E-state index in [1.54, 1.807) is 18.9 Å². The molecule has 1 amide bonds. The van der Waals surface area contributed by atoms with Crippen molar-refractivity contribution < 1.29 is 14.3 Å². The lowest BCUT2D eigenvalue weighted by molar-refractivity contribution is -0.122. The molecule has 0 radical (unpaired) electrons. The summed E-state index contributed by atoms with van der Waals surface area (Å²) >= 11 is 0. The molecule has 1 aliphatic carbocycles. The van der Waals surface area contributed by atoms with Gasteiger partial charge in [-0.3, -0.25) is 4.79 Å². The number of ether oxygens (including phenoxy) is 2. The van der Waals surface area contributed by atoms with Gasteiger partial charge in [0.15, 0.2) is 17.3 Å². The lowest BCUT2D eigenvalue weighted by atomic mass is 10.1. The fourth-order valence-electron chi connectivity index (χ4n) is 3.58. The Bertz CT molecular complexity index is 812. The van der Waals surface area contributed by atoms with Gasteiger partial charge in [-0.25, -0.2) is 9.67 Å². The first-order valence-corrected chi connectivity index (χ1v) is 9.69. The Labute approximate surface area is 165 Å². The number of amides is 1. The third-order valence-electron chi connectivity index (χ3n) is 4.98. The molecule has 1 fully saturated rings. The quantitative estimate of drug-likeness (QED) is 0.718. The van der Waals surface area contributed by atoms with Crippen LogP contribution in [0.15, 0.2) is 18.2 Å². The Hall–Kier alpha value is -2.61. The van der Waals surface area contributed by atoms with E-state index >= 15 is 0 Å². The van der Waals surface area contributed by atoms with E-state index < -0.39 is 0 Å². The van der Waals surface area contributed by atoms with Crippen LogP contribution in [0.5, 0.6) is 11.5 Å². The van der Waals surface area contributed by atoms with Crippen LogP contribution in [0.1, 0.15) is 55.9 Å². The molecule has 0 bridgehead atoms. The number of nitrogens with zero attached hydrogens (tertiary/aromatic N) is 3. The molecule has 1 atom stereocenters. The van der Waals surface area contributed by atoms with Gasteiger partial charge in [0.25, 0.3) is 0 Å². The minimum absolute atomic E-state index is 0.0450. The van der Waals surface area contributed by atoms with Crippen LogP contribution in [-0.4, -0.2) is 40.9 Å². The topological polar surface area (TPSA) is 104 Å². The molecule has 1 aliphatic rings. The molecule has 1 aromatic heterocycles. The molecule has 2 aromatic rings. The van der Waals surface area contributed by atoms with Gasteiger partial charge in [0.2, 0.25) is 5.91 Å². The summed E-state index contributed by atoms with van der Waals surface area (Å²) in [6.45, 7) is 1.97. The standard InChI is InChI=1S/C20H29N5O3/c1-13(21)20-23-18(11-14-8-9-16(27-2)17(10-14)28-3)24-25(20)12-19(26)22-15-6-4-5-7-15/h8-10,13,15H,4-7,11-12,21H2,1-3H3,(H,22,26)/t13-/m1/s1. The van der Waals surface area contributed by atoms with E-state index in [2.05, 4.69) is 15.4 Å². The molecular formula is C20H29N5O3. The summed E-state index contributed by atoms with van der Waals surface area (Å²) < 4.78 is 12.2. The fourth-order valence-corrected chi connectivity index (χ4v) is 3.58. The van der Waals surface area contributed by atoms with Gasteiger partial charge >= 0.3 is 0 Å². The number of hydrogen-bond donors (Lipinski definition) is 2. The highest BCUT2D eigenvalue weighted by Crippen LogP contribution is 2.28. The predicted octanol–water partition coefficient (Wildman–Crippen LogP) is 1.96. The van der Waals surface area contributed by atoms with Crippen molar-refractivity contribution in [2.75, 3.05) is 14.2 Å². The average molecular weight is 387 g/mol. The van der Waals surface area contributed by atoms with Crippen LogP contribution in [0.3, 0.4) is 0 Å². The van der Waals surface area contributed by atoms with Crippen LogP contribution in [0.25, 0.3) is 0 Å². The summed E-state index contributed by atoms with van der Waals surface area (Å²) in [4.78, 5) is 17.0. The summed E-state index contributed by atoms with van der Waals surface area (Å²) in [5.74, 6) is 2.51. The summed E-state index contributed by atoms with van der Waals surface area (Å²) in [5, 5.41) is 7.61. The Balaban J connectivity index is 1.73. The Morgan fingerprint density at radius 1 is 1.29 bits per heavy atom. The highest BCUT2D eigenvalue weighted by atomic mass is 16.5. The zero-order chi connectivity index (χ0) is 20.1. The summed E-state index contributed by atoms with van der Waals surface area (Å²) in [7, 11) is 3.21. The smallest absolute Gasteiger partial charge is 0.242 e. The van der Waals surface area contributed by atoms with Gasteiger partial charge in [0.05, 0.1) is 20.3 Å². The number of carbonyl (C=O) groups excluding carboxylic acids is 1. The van der Waals surface area contributed by atoms with Crippen LogP contribution in [0.4, 0.5) is 0 Å². The number of nitrogens with one attached hydrogen (secondary N) is 1. The molecule has 1 saturated carbocycles. The van der Waals surface area contributed by atoms with Crippen molar-refractivity contribution in [1.82, 2.24) is 20.1 Å². The first-order valence-electron chi connectivity index (χ1n) is 9.69. The van der Waals surface area contributed by atoms with Gasteiger partial charge < -0.3 is 20.5 Å². The molecule has 3 rings (SSSR count). The summed E-state index contributed by atoms with van der Waals surface area (Å²) in [6.07, 6.45) is 4.96. The van der Waals surface area contributed by atoms with Crippen molar-refractivity contribution in [2.24, 2.45) is 5.73 Å². The molecule has 8 nitrogen and oxygen atoms in total. The van der Waals surface area contributed by atoms with E-state index in [1.807, 2.05) is 25.1 Å². The SMILES string of the molecule is COc1ccc(Cc2nc([C@@H](C)N)n(CC(=O)NC3CCCC3)n2)cc1OC. The van der Waals surface area contributed by atoms with Gasteiger partial charge in [0, 0.05) is 12.5 Å². The van der Waals surface area contributed by atoms with E-state index in [0.717, 1.165) is 18.4 Å². The highest BCUT2D eigenvalue weighted by molar-refractivity contribution is 5.76. The number of aromatic nitrogens is 3. The molecular weight excluding hydrogens is 358 g/mol. The third kappa shape index (κ3) is 4.81. The largest absolute Gasteiger partial charge is 0.493 e. The third-order valence-corrected chi connectivity index (χ3v) is 4.98. The fraction of sp³-hybridized carbons (Fsp3) is 0.550. The first-order chi connectivity index (χ1) is 13.5. The summed E-state index contributed by atoms with van der Waals surface area (Å²) in [6, 6.07) is 5.66. The van der Waals surface area contributed by atoms with Gasteiger partial charge in [-0.05, 0) is 37.5 Å². The maximum absolute atomic E-state index is 12.4. The summed E-state index contributed by atoms with van der Waals surface area (Å²) in [5.41, 5.74) is 7.04. The number of carbonyl (C=O) groups is 1. The van der Waals surface area contributed by atoms with Crippen LogP contribution in [0.2, 0.25) is 0 Å². The van der Waals surface area contributed by atoms with Crippen LogP contribution < -0.4 is 20.5 Å². The monoisotopic (exact) mass is 387 g/mol. The lowest BCUT2D eigenvalue weighted by Gasteiger charge is -2.13. The van der Waals surface area contributed by atoms with E-state index in [1.165, 1.54) is 12.8 Å². The van der Waals surface area contributed by atoms with Gasteiger partial charge in [-0.15, -0.1) is 0 Å². The molecule has 28 heavy (non-hydrogen) atoms. The van der Waals surface area contributed by atoms with Crippen molar-refractivity contribution in [2.45, 2.75) is 57.7 Å². The van der Waals surface area contributed by atoms with Crippen LogP contribution >= 0.6 is 0 Å². The molecule has 0 aliphatic heterocycles. The normalized spacial score (nSPS) is 15.4. The molecule has 3 N–H and O–H groups in total. The number of rotatable bonds is 8. The van der Waals surface area contributed by atoms with Crippen LogP contribution in [0, 0.1) is 0 Å². The number of hydrogen-bond acceptors (Lipinski definition) is 6. The van der Waals surface area contributed by atoms with Gasteiger partial charge in [-0.1, -0.05) is 18.9 Å². The molecule has 0 saturated heterocycles. The maximum Gasteiger partial charge on any atom is 0.242 e. The number of methoxy groups -OCH3 is 2. The van der Waals surface area contributed by atoms with Crippen molar-refractivity contribution >= 4 is 5.91 Å². The first kappa shape index (κ1) is 20.1. The van der Waals surface area contributed by atoms with E-state index in [-0.39, 0.29) is 24.5 Å². The second-order valence-corrected chi connectivity index (χ2v) is 7.25. The van der Waals surface area contributed by atoms with E-state index in [9.17, 15) is 4.79 Å². The zero-order valence-corrected chi connectivity index (χ0v) is 16.8. The molecule has 1 heterocycles. The minimum Gasteiger partial charge on any atom is -0.493 e. The average Bonchev–Trinajstić information content (AvgIpc) is 3.31. The van der Waals surface area contributed by atoms with Crippen molar-refractivity contribution in [1.29, 1.82) is 0 Å². The molecule has 8 heteroatoms. The molecule has 1 aromatic carbocycles. The molecule has 0 spiro atoms. The number of benzene rings is 1.